The van der Waals surface area contributed by atoms with E-state index in [-0.39, 0.29) is 5.91 Å². The number of rotatable bonds is 3. The number of hydrogen-bond donors (Lipinski definition) is 1. The normalized spacial score (nSPS) is 18.4. The van der Waals surface area contributed by atoms with Crippen LogP contribution in [0.1, 0.15) is 42.4 Å². The van der Waals surface area contributed by atoms with Crippen molar-refractivity contribution < 1.29 is 14.3 Å². The molecule has 8 heteroatoms. The monoisotopic (exact) mass is 501 g/mol. The summed E-state index contributed by atoms with van der Waals surface area (Å²) in [6.45, 7) is 4.09. The van der Waals surface area contributed by atoms with Gasteiger partial charge in [-0.1, -0.05) is 36.4 Å². The Labute approximate surface area is 218 Å². The zero-order chi connectivity index (χ0) is 25.8. The molecule has 2 amide bonds. The molecule has 2 aromatic carbocycles. The molecule has 2 N–H and O–H groups in total. The number of primary amides is 1. The molecule has 2 saturated heterocycles. The minimum absolute atomic E-state index is 0.236. The summed E-state index contributed by atoms with van der Waals surface area (Å²) in [6.07, 6.45) is 9.06. The maximum Gasteiger partial charge on any atom is 0.339 e. The van der Waals surface area contributed by atoms with Crippen molar-refractivity contribution in [3.8, 4) is 0 Å². The van der Waals surface area contributed by atoms with E-state index in [0.29, 0.717) is 11.8 Å². The Morgan fingerprint density at radius 3 is 2.51 bits per heavy atom. The summed E-state index contributed by atoms with van der Waals surface area (Å²) in [5.41, 5.74) is 11.4. The quantitative estimate of drug-likeness (QED) is 0.586. The molecule has 0 saturated carbocycles. The van der Waals surface area contributed by atoms with Crippen molar-refractivity contribution in [3.63, 3.8) is 0 Å². The van der Waals surface area contributed by atoms with E-state index >= 15 is 0 Å². The lowest BCUT2D eigenvalue weighted by Crippen LogP contribution is -2.58. The number of carbonyl (C=O) groups excluding carboxylic acids is 2. The van der Waals surface area contributed by atoms with Crippen molar-refractivity contribution in [2.45, 2.75) is 38.5 Å². The molecule has 2 fully saturated rings. The molecule has 3 aliphatic heterocycles. The van der Waals surface area contributed by atoms with Gasteiger partial charge in [-0.05, 0) is 54.5 Å². The summed E-state index contributed by atoms with van der Waals surface area (Å²) >= 11 is 0. The molecular weight excluding hydrogens is 466 g/mol. The number of aromatic nitrogens is 2. The smallest absolute Gasteiger partial charge is 0.339 e. The molecule has 0 unspecified atom stereocenters. The Morgan fingerprint density at radius 2 is 1.81 bits per heavy atom. The number of hydrogen-bond acceptors (Lipinski definition) is 5. The van der Waals surface area contributed by atoms with E-state index in [9.17, 15) is 9.59 Å². The minimum atomic E-state index is -0.561. The molecule has 1 spiro atoms. The molecule has 3 aromatic rings. The standard InChI is InChI=1S/C18H24N2O2.C11H11N3O/c1-19-16-11-15(6-5-14(16)3-2-4-17(19)21)20-12-18(13-20)7-9-22-10-8-18;12-11(15)14-8-10(7-13-14)6-9-4-2-1-3-5-9/h5-6,11H,2-4,7-10,12-13H2,1H3;1-5,7-8H,6H2,(H2,12,15). The first-order valence-electron chi connectivity index (χ1n) is 13.0. The van der Waals surface area contributed by atoms with Crippen molar-refractivity contribution in [2.24, 2.45) is 11.1 Å². The fourth-order valence-electron chi connectivity index (χ4n) is 5.47. The second kappa shape index (κ2) is 10.8. The van der Waals surface area contributed by atoms with Crippen LogP contribution >= 0.6 is 0 Å². The van der Waals surface area contributed by atoms with Crippen LogP contribution in [0.15, 0.2) is 60.9 Å². The van der Waals surface area contributed by atoms with Gasteiger partial charge in [0.25, 0.3) is 0 Å². The molecule has 0 atom stereocenters. The molecule has 0 aliphatic carbocycles. The van der Waals surface area contributed by atoms with Crippen LogP contribution in [0.25, 0.3) is 0 Å². The Morgan fingerprint density at radius 1 is 1.05 bits per heavy atom. The van der Waals surface area contributed by atoms with E-state index in [1.807, 2.05) is 42.3 Å². The Bertz CT molecular complexity index is 1240. The predicted octanol–water partition coefficient (Wildman–Crippen LogP) is 4.00. The third-order valence-electron chi connectivity index (χ3n) is 7.73. The van der Waals surface area contributed by atoms with E-state index < -0.39 is 6.03 Å². The van der Waals surface area contributed by atoms with Crippen LogP contribution in [0.2, 0.25) is 0 Å². The first kappa shape index (κ1) is 25.0. The number of ether oxygens (including phenoxy) is 1. The molecule has 1 aromatic heterocycles. The molecule has 8 nitrogen and oxygen atoms in total. The largest absolute Gasteiger partial charge is 0.381 e. The number of nitrogens with two attached hydrogens (primary N) is 1. The average Bonchev–Trinajstić information content (AvgIpc) is 3.32. The van der Waals surface area contributed by atoms with E-state index in [4.69, 9.17) is 10.5 Å². The lowest BCUT2D eigenvalue weighted by atomic mass is 9.73. The van der Waals surface area contributed by atoms with Crippen molar-refractivity contribution in [2.75, 3.05) is 43.2 Å². The highest BCUT2D eigenvalue weighted by molar-refractivity contribution is 5.95. The van der Waals surface area contributed by atoms with Crippen LogP contribution < -0.4 is 15.5 Å². The van der Waals surface area contributed by atoms with Crippen LogP contribution in [0.3, 0.4) is 0 Å². The molecule has 6 rings (SSSR count). The number of aryl methyl sites for hydroxylation is 1. The molecule has 194 valence electrons. The summed E-state index contributed by atoms with van der Waals surface area (Å²) in [4.78, 5) is 27.2. The summed E-state index contributed by atoms with van der Waals surface area (Å²) in [7, 11) is 1.91. The maximum atomic E-state index is 12.1. The summed E-state index contributed by atoms with van der Waals surface area (Å²) in [5, 5.41) is 3.85. The highest BCUT2D eigenvalue weighted by atomic mass is 16.5. The Hall–Kier alpha value is -3.65. The lowest BCUT2D eigenvalue weighted by Gasteiger charge is -2.53. The Balaban J connectivity index is 0.000000164. The van der Waals surface area contributed by atoms with E-state index in [0.717, 1.165) is 61.5 Å². The number of amides is 2. The van der Waals surface area contributed by atoms with Gasteiger partial charge >= 0.3 is 6.03 Å². The second-order valence-electron chi connectivity index (χ2n) is 10.4. The SMILES string of the molecule is CN1C(=O)CCCc2ccc(N3CC4(CCOCC4)C3)cc21.NC(=O)n1cc(Cc2ccccc2)cn1. The third-order valence-corrected chi connectivity index (χ3v) is 7.73. The van der Waals surface area contributed by atoms with Gasteiger partial charge < -0.3 is 20.3 Å². The van der Waals surface area contributed by atoms with Gasteiger partial charge in [0.1, 0.15) is 0 Å². The van der Waals surface area contributed by atoms with Gasteiger partial charge in [0.05, 0.1) is 6.20 Å². The molecule has 4 heterocycles. The summed E-state index contributed by atoms with van der Waals surface area (Å²) in [6, 6.07) is 16.1. The van der Waals surface area contributed by atoms with Crippen LogP contribution in [-0.2, 0) is 22.4 Å². The predicted molar refractivity (Wildman–Crippen MR) is 144 cm³/mol. The molecular formula is C29H35N5O3. The van der Waals surface area contributed by atoms with Crippen molar-refractivity contribution in [1.82, 2.24) is 9.78 Å². The Kier molecular flexibility index (Phi) is 7.28. The van der Waals surface area contributed by atoms with Crippen molar-refractivity contribution >= 4 is 23.3 Å². The summed E-state index contributed by atoms with van der Waals surface area (Å²) in [5.74, 6) is 0.236. The van der Waals surface area contributed by atoms with Crippen molar-refractivity contribution in [1.29, 1.82) is 0 Å². The van der Waals surface area contributed by atoms with Crippen LogP contribution in [0, 0.1) is 5.41 Å². The minimum Gasteiger partial charge on any atom is -0.381 e. The highest BCUT2D eigenvalue weighted by Gasteiger charge is 2.44. The number of anilines is 2. The van der Waals surface area contributed by atoms with Gasteiger partial charge in [0.15, 0.2) is 0 Å². The van der Waals surface area contributed by atoms with Crippen LogP contribution in [0.5, 0.6) is 0 Å². The van der Waals surface area contributed by atoms with E-state index in [1.54, 1.807) is 12.4 Å². The fraction of sp³-hybridized carbons (Fsp3) is 0.414. The van der Waals surface area contributed by atoms with Gasteiger partial charge in [-0.15, -0.1) is 0 Å². The first-order valence-corrected chi connectivity index (χ1v) is 13.0. The zero-order valence-electron chi connectivity index (χ0n) is 21.4. The van der Waals surface area contributed by atoms with Crippen LogP contribution in [-0.4, -0.2) is 55.1 Å². The molecule has 37 heavy (non-hydrogen) atoms. The first-order chi connectivity index (χ1) is 17.9. The maximum absolute atomic E-state index is 12.1. The fourth-order valence-corrected chi connectivity index (χ4v) is 5.47. The van der Waals surface area contributed by atoms with E-state index in [1.165, 1.54) is 29.7 Å². The number of benzene rings is 2. The van der Waals surface area contributed by atoms with Crippen molar-refractivity contribution in [3.05, 3.63) is 77.6 Å². The lowest BCUT2D eigenvalue weighted by molar-refractivity contribution is -0.118. The van der Waals surface area contributed by atoms with E-state index in [2.05, 4.69) is 28.2 Å². The second-order valence-corrected chi connectivity index (χ2v) is 10.4. The van der Waals surface area contributed by atoms with Gasteiger partial charge in [-0.2, -0.15) is 9.78 Å². The zero-order valence-corrected chi connectivity index (χ0v) is 21.4. The summed E-state index contributed by atoms with van der Waals surface area (Å²) < 4.78 is 6.63. The molecule has 0 radical (unpaired) electrons. The third kappa shape index (κ3) is 5.69. The molecule has 0 bridgehead atoms. The highest BCUT2D eigenvalue weighted by Crippen LogP contribution is 2.43. The number of nitrogens with zero attached hydrogens (tertiary/aromatic N) is 4. The number of carbonyl (C=O) groups is 2. The van der Waals surface area contributed by atoms with Gasteiger partial charge in [-0.25, -0.2) is 4.79 Å². The average molecular weight is 502 g/mol. The van der Waals surface area contributed by atoms with Gasteiger partial charge in [-0.3, -0.25) is 4.79 Å². The number of fused-ring (bicyclic) bond motifs is 1. The van der Waals surface area contributed by atoms with Gasteiger partial charge in [0.2, 0.25) is 5.91 Å². The van der Waals surface area contributed by atoms with Gasteiger partial charge in [0, 0.05) is 69.2 Å². The van der Waals surface area contributed by atoms with Crippen LogP contribution in [0.4, 0.5) is 16.2 Å². The topological polar surface area (TPSA) is 93.7 Å². The molecule has 3 aliphatic rings.